The van der Waals surface area contributed by atoms with E-state index in [-0.39, 0.29) is 5.78 Å². The maximum absolute atomic E-state index is 11.9. The van der Waals surface area contributed by atoms with Gasteiger partial charge in [-0.15, -0.1) is 10.2 Å². The van der Waals surface area contributed by atoms with E-state index < -0.39 is 0 Å². The summed E-state index contributed by atoms with van der Waals surface area (Å²) in [7, 11) is 0. The summed E-state index contributed by atoms with van der Waals surface area (Å²) >= 11 is 0. The van der Waals surface area contributed by atoms with Gasteiger partial charge in [0.1, 0.15) is 0 Å². The normalized spacial score (nSPS) is 15.8. The summed E-state index contributed by atoms with van der Waals surface area (Å²) in [4.78, 5) is 11.9. The molecular formula is C20H19N5O. The van der Waals surface area contributed by atoms with Crippen molar-refractivity contribution >= 4 is 23.8 Å². The van der Waals surface area contributed by atoms with E-state index in [0.29, 0.717) is 5.69 Å². The van der Waals surface area contributed by atoms with E-state index in [1.165, 1.54) is 18.4 Å². The predicted molar refractivity (Wildman–Crippen MR) is 104 cm³/mol. The number of ketones is 1. The second-order valence-electron chi connectivity index (χ2n) is 5.11. The summed E-state index contributed by atoms with van der Waals surface area (Å²) in [5, 5.41) is 18.4. The van der Waals surface area contributed by atoms with Crippen LogP contribution in [0.25, 0.3) is 6.08 Å². The van der Waals surface area contributed by atoms with Crippen molar-refractivity contribution in [1.82, 2.24) is 0 Å². The van der Waals surface area contributed by atoms with Gasteiger partial charge in [-0.2, -0.15) is 0 Å². The van der Waals surface area contributed by atoms with E-state index in [0.717, 1.165) is 18.4 Å². The van der Waals surface area contributed by atoms with Gasteiger partial charge in [0, 0.05) is 5.56 Å². The Bertz CT molecular complexity index is 826. The molecule has 0 atom stereocenters. The standard InChI is InChI=1S/C20H19N5O/c26-19-13-8-6-4-2-1-3-5-7-11-17-21-23-25-24-22-20-14-10-9-12-18(20)15-16-19/h3-17H,1-2H2. The van der Waals surface area contributed by atoms with Crippen molar-refractivity contribution in [2.75, 3.05) is 0 Å². The molecule has 0 amide bonds. The van der Waals surface area contributed by atoms with Gasteiger partial charge >= 0.3 is 0 Å². The molecule has 0 spiro atoms. The van der Waals surface area contributed by atoms with E-state index in [1.807, 2.05) is 48.6 Å². The predicted octanol–water partition coefficient (Wildman–Crippen LogP) is 5.72. The van der Waals surface area contributed by atoms with Gasteiger partial charge in [-0.25, -0.2) is 0 Å². The number of benzene rings is 1. The van der Waals surface area contributed by atoms with Crippen molar-refractivity contribution in [1.29, 1.82) is 0 Å². The Hall–Kier alpha value is -3.54. The minimum atomic E-state index is -0.105. The molecule has 0 saturated heterocycles. The smallest absolute Gasteiger partial charge is 0.178 e. The molecule has 26 heavy (non-hydrogen) atoms. The Morgan fingerprint density at radius 1 is 0.731 bits per heavy atom. The van der Waals surface area contributed by atoms with Gasteiger partial charge in [-0.1, -0.05) is 54.7 Å². The Morgan fingerprint density at radius 2 is 1.54 bits per heavy atom. The quantitative estimate of drug-likeness (QED) is 0.592. The number of carbonyl (C=O) groups excluding carboxylic acids is 1. The molecule has 1 aromatic rings. The molecule has 6 nitrogen and oxygen atoms in total. The van der Waals surface area contributed by atoms with Crippen LogP contribution in [0.4, 0.5) is 5.69 Å². The van der Waals surface area contributed by atoms with Gasteiger partial charge in [-0.05, 0) is 58.9 Å². The molecule has 0 radical (unpaired) electrons. The van der Waals surface area contributed by atoms with Crippen molar-refractivity contribution in [3.8, 4) is 0 Å². The fourth-order valence-corrected chi connectivity index (χ4v) is 1.93. The Labute approximate surface area is 152 Å². The lowest BCUT2D eigenvalue weighted by Crippen LogP contribution is -1.84. The van der Waals surface area contributed by atoms with Crippen LogP contribution in [0.2, 0.25) is 0 Å². The van der Waals surface area contributed by atoms with Crippen LogP contribution in [0.15, 0.2) is 105 Å². The average Bonchev–Trinajstić information content (AvgIpc) is 2.66. The third-order valence-electron chi connectivity index (χ3n) is 3.17. The lowest BCUT2D eigenvalue weighted by atomic mass is 10.1. The average molecular weight is 345 g/mol. The second kappa shape index (κ2) is 11.9. The number of fused-ring (bicyclic) bond motifs is 1. The zero-order chi connectivity index (χ0) is 18.3. The maximum Gasteiger partial charge on any atom is 0.178 e. The molecule has 0 aromatic heterocycles. The van der Waals surface area contributed by atoms with E-state index in [9.17, 15) is 4.79 Å². The summed E-state index contributed by atoms with van der Waals surface area (Å²) in [5.74, 6) is -0.105. The number of hydrogen-bond donors (Lipinski definition) is 0. The molecule has 6 heteroatoms. The van der Waals surface area contributed by atoms with Gasteiger partial charge in [0.15, 0.2) is 5.78 Å². The summed E-state index contributed by atoms with van der Waals surface area (Å²) in [5.41, 5.74) is 1.34. The van der Waals surface area contributed by atoms with Crippen LogP contribution < -0.4 is 0 Å². The van der Waals surface area contributed by atoms with Crippen LogP contribution in [0.3, 0.4) is 0 Å². The second-order valence-corrected chi connectivity index (χ2v) is 5.11. The van der Waals surface area contributed by atoms with Gasteiger partial charge in [0.2, 0.25) is 0 Å². The summed E-state index contributed by atoms with van der Waals surface area (Å²) in [6.45, 7) is 0. The van der Waals surface area contributed by atoms with Crippen LogP contribution in [0.5, 0.6) is 0 Å². The molecule has 0 unspecified atom stereocenters. The monoisotopic (exact) mass is 345 g/mol. The van der Waals surface area contributed by atoms with Crippen molar-refractivity contribution < 1.29 is 4.79 Å². The van der Waals surface area contributed by atoms with E-state index in [2.05, 4.69) is 25.9 Å². The highest BCUT2D eigenvalue weighted by molar-refractivity contribution is 6.02. The van der Waals surface area contributed by atoms with Crippen molar-refractivity contribution in [2.24, 2.45) is 25.9 Å². The molecule has 0 saturated carbocycles. The van der Waals surface area contributed by atoms with Crippen molar-refractivity contribution in [2.45, 2.75) is 12.8 Å². The first-order chi connectivity index (χ1) is 12.9. The van der Waals surface area contributed by atoms with Crippen LogP contribution in [0.1, 0.15) is 18.4 Å². The minimum absolute atomic E-state index is 0.105. The Morgan fingerprint density at radius 3 is 2.42 bits per heavy atom. The zero-order valence-electron chi connectivity index (χ0n) is 14.2. The summed E-state index contributed by atoms with van der Waals surface area (Å²) in [6, 6.07) is 7.29. The number of allylic oxidation sites excluding steroid dienone is 9. The fourth-order valence-electron chi connectivity index (χ4n) is 1.93. The maximum atomic E-state index is 11.9. The molecule has 0 fully saturated rings. The molecule has 130 valence electrons. The summed E-state index contributed by atoms with van der Waals surface area (Å²) in [6.07, 6.45) is 21.2. The van der Waals surface area contributed by atoms with E-state index in [1.54, 1.807) is 24.3 Å². The van der Waals surface area contributed by atoms with Crippen LogP contribution in [0, 0.1) is 0 Å². The molecule has 0 aliphatic carbocycles. The number of rotatable bonds is 0. The first kappa shape index (κ1) is 18.8. The molecule has 1 aliphatic rings. The number of hydrogen-bond acceptors (Lipinski definition) is 6. The van der Waals surface area contributed by atoms with Gasteiger partial charge in [0.25, 0.3) is 0 Å². The summed E-state index contributed by atoms with van der Waals surface area (Å²) < 4.78 is 0. The van der Waals surface area contributed by atoms with Crippen molar-refractivity contribution in [3.63, 3.8) is 0 Å². The largest absolute Gasteiger partial charge is 0.290 e. The molecule has 1 heterocycles. The minimum Gasteiger partial charge on any atom is -0.290 e. The third kappa shape index (κ3) is 7.83. The molecule has 2 rings (SSSR count). The first-order valence-electron chi connectivity index (χ1n) is 8.16. The van der Waals surface area contributed by atoms with Crippen LogP contribution in [-0.2, 0) is 4.79 Å². The zero-order valence-corrected chi connectivity index (χ0v) is 14.2. The highest BCUT2D eigenvalue weighted by atomic mass is 16.1. The topological polar surface area (TPSA) is 78.9 Å². The molecule has 0 bridgehead atoms. The molecule has 1 aromatic carbocycles. The highest BCUT2D eigenvalue weighted by Gasteiger charge is 1.97. The molecule has 1 aliphatic heterocycles. The Balaban J connectivity index is 2.19. The lowest BCUT2D eigenvalue weighted by molar-refractivity contribution is -0.110. The van der Waals surface area contributed by atoms with Gasteiger partial charge < -0.3 is 0 Å². The molecular weight excluding hydrogens is 326 g/mol. The molecule has 0 N–H and O–H groups in total. The number of carbonyl (C=O) groups is 1. The van der Waals surface area contributed by atoms with Crippen LogP contribution >= 0.6 is 0 Å². The van der Waals surface area contributed by atoms with Crippen molar-refractivity contribution in [3.05, 3.63) is 84.5 Å². The van der Waals surface area contributed by atoms with E-state index >= 15 is 0 Å². The van der Waals surface area contributed by atoms with Gasteiger partial charge in [-0.3, -0.25) is 4.79 Å². The van der Waals surface area contributed by atoms with Gasteiger partial charge in [0.05, 0.1) is 11.9 Å². The first-order valence-corrected chi connectivity index (χ1v) is 8.16. The number of nitrogens with zero attached hydrogens (tertiary/aromatic N) is 5. The van der Waals surface area contributed by atoms with E-state index in [4.69, 9.17) is 0 Å². The fraction of sp³-hybridized carbons (Fsp3) is 0.100. The lowest BCUT2D eigenvalue weighted by Gasteiger charge is -1.96. The highest BCUT2D eigenvalue weighted by Crippen LogP contribution is 2.20. The Kier molecular flexibility index (Phi) is 8.61. The third-order valence-corrected chi connectivity index (χ3v) is 3.17. The van der Waals surface area contributed by atoms with Crippen LogP contribution in [-0.4, -0.2) is 12.0 Å². The SMILES string of the molecule is O=C1C=CC=CCCC=CC=CC=NN=NN=Nc2ccccc2C=C1.